The summed E-state index contributed by atoms with van der Waals surface area (Å²) in [5.41, 5.74) is 3.71. The molecular formula is C32H19NS. The number of nitrogens with zero attached hydrogens (tertiary/aromatic N) is 1. The van der Waals surface area contributed by atoms with E-state index in [0.29, 0.717) is 0 Å². The fourth-order valence-corrected chi connectivity index (χ4v) is 6.81. The minimum absolute atomic E-state index is 1.20. The van der Waals surface area contributed by atoms with Gasteiger partial charge in [-0.2, -0.15) is 0 Å². The van der Waals surface area contributed by atoms with E-state index < -0.39 is 0 Å². The van der Waals surface area contributed by atoms with Crippen LogP contribution in [0.1, 0.15) is 0 Å². The van der Waals surface area contributed by atoms with E-state index in [-0.39, 0.29) is 0 Å². The van der Waals surface area contributed by atoms with Gasteiger partial charge in [-0.15, -0.1) is 11.3 Å². The topological polar surface area (TPSA) is 4.93 Å². The van der Waals surface area contributed by atoms with Crippen LogP contribution < -0.4 is 0 Å². The molecule has 0 N–H and O–H groups in total. The van der Waals surface area contributed by atoms with Gasteiger partial charge >= 0.3 is 0 Å². The molecule has 0 aliphatic heterocycles. The van der Waals surface area contributed by atoms with Crippen LogP contribution >= 0.6 is 11.3 Å². The van der Waals surface area contributed by atoms with Gasteiger partial charge in [0.1, 0.15) is 0 Å². The molecule has 8 aromatic rings. The van der Waals surface area contributed by atoms with E-state index in [1.807, 2.05) is 11.3 Å². The van der Waals surface area contributed by atoms with Gasteiger partial charge in [0.2, 0.25) is 0 Å². The van der Waals surface area contributed by atoms with Crippen molar-refractivity contribution in [2.24, 2.45) is 0 Å². The van der Waals surface area contributed by atoms with E-state index >= 15 is 0 Å². The van der Waals surface area contributed by atoms with Crippen LogP contribution in [-0.2, 0) is 0 Å². The molecule has 0 radical (unpaired) electrons. The Labute approximate surface area is 200 Å². The van der Waals surface area contributed by atoms with Crippen LogP contribution in [0.3, 0.4) is 0 Å². The van der Waals surface area contributed by atoms with Crippen LogP contribution in [0.25, 0.3) is 69.2 Å². The minimum atomic E-state index is 1.20. The Hall–Kier alpha value is -4.14. The van der Waals surface area contributed by atoms with E-state index in [2.05, 4.69) is 120 Å². The number of hydrogen-bond acceptors (Lipinski definition) is 1. The first-order valence-electron chi connectivity index (χ1n) is 11.6. The van der Waals surface area contributed by atoms with Gasteiger partial charge in [0, 0.05) is 36.6 Å². The third-order valence-electron chi connectivity index (χ3n) is 7.16. The highest BCUT2D eigenvalue weighted by atomic mass is 32.1. The normalized spacial score (nSPS) is 12.1. The lowest BCUT2D eigenvalue weighted by molar-refractivity contribution is 1.19. The molecule has 158 valence electrons. The monoisotopic (exact) mass is 449 g/mol. The van der Waals surface area contributed by atoms with Crippen LogP contribution in [-0.4, -0.2) is 4.57 Å². The van der Waals surface area contributed by atoms with Gasteiger partial charge in [0.25, 0.3) is 0 Å². The van der Waals surface area contributed by atoms with Crippen LogP contribution in [0.4, 0.5) is 0 Å². The second-order valence-electron chi connectivity index (χ2n) is 8.98. The molecule has 2 aromatic heterocycles. The molecule has 0 spiro atoms. The molecule has 0 fully saturated rings. The van der Waals surface area contributed by atoms with Crippen LogP contribution in [0.5, 0.6) is 0 Å². The van der Waals surface area contributed by atoms with Crippen LogP contribution in [0.15, 0.2) is 115 Å². The predicted molar refractivity (Wildman–Crippen MR) is 149 cm³/mol. The zero-order valence-electron chi connectivity index (χ0n) is 18.3. The standard InChI is InChI=1S/C32H19NS/c1-2-8-23-20(7-1)13-14-21-19-22(15-16-24(21)23)33-27-11-5-3-9-25(27)31-28(33)17-18-30-32(31)26-10-4-6-12-29(26)34-30/h1-19H. The quantitative estimate of drug-likeness (QED) is 0.220. The molecule has 1 nitrogen and oxygen atoms in total. The van der Waals surface area contributed by atoms with Crippen LogP contribution in [0, 0.1) is 0 Å². The number of rotatable bonds is 1. The number of thiophene rings is 1. The van der Waals surface area contributed by atoms with Crippen molar-refractivity contribution in [2.75, 3.05) is 0 Å². The van der Waals surface area contributed by atoms with Crippen molar-refractivity contribution in [3.05, 3.63) is 115 Å². The molecule has 6 aromatic carbocycles. The summed E-state index contributed by atoms with van der Waals surface area (Å²) >= 11 is 1.88. The summed E-state index contributed by atoms with van der Waals surface area (Å²) in [5.74, 6) is 0. The van der Waals surface area contributed by atoms with E-state index in [1.165, 1.54) is 69.2 Å². The van der Waals surface area contributed by atoms with E-state index in [0.717, 1.165) is 0 Å². The van der Waals surface area contributed by atoms with E-state index in [1.54, 1.807) is 0 Å². The Balaban J connectivity index is 1.52. The summed E-state index contributed by atoms with van der Waals surface area (Å²) < 4.78 is 5.13. The fraction of sp³-hybridized carbons (Fsp3) is 0. The Morgan fingerprint density at radius 3 is 2.12 bits per heavy atom. The Kier molecular flexibility index (Phi) is 3.60. The third-order valence-corrected chi connectivity index (χ3v) is 8.30. The molecule has 0 aliphatic rings. The zero-order valence-corrected chi connectivity index (χ0v) is 19.1. The van der Waals surface area contributed by atoms with Crippen molar-refractivity contribution in [1.82, 2.24) is 4.57 Å². The average Bonchev–Trinajstić information content (AvgIpc) is 3.43. The van der Waals surface area contributed by atoms with Gasteiger partial charge in [-0.3, -0.25) is 0 Å². The highest BCUT2D eigenvalue weighted by molar-refractivity contribution is 7.26. The summed E-state index contributed by atoms with van der Waals surface area (Å²) in [6.07, 6.45) is 0. The average molecular weight is 450 g/mol. The van der Waals surface area contributed by atoms with Gasteiger partial charge in [-0.1, -0.05) is 78.9 Å². The maximum Gasteiger partial charge on any atom is 0.0548 e. The van der Waals surface area contributed by atoms with Crippen molar-refractivity contribution < 1.29 is 0 Å². The largest absolute Gasteiger partial charge is 0.309 e. The van der Waals surface area contributed by atoms with Gasteiger partial charge < -0.3 is 4.57 Å². The maximum absolute atomic E-state index is 2.44. The number of benzene rings is 6. The molecule has 0 amide bonds. The zero-order chi connectivity index (χ0) is 22.2. The molecule has 0 bridgehead atoms. The lowest BCUT2D eigenvalue weighted by atomic mass is 10.0. The summed E-state index contributed by atoms with van der Waals surface area (Å²) in [7, 11) is 0. The van der Waals surface area contributed by atoms with Crippen molar-refractivity contribution in [2.45, 2.75) is 0 Å². The van der Waals surface area contributed by atoms with Gasteiger partial charge in [0.05, 0.1) is 11.0 Å². The first kappa shape index (κ1) is 18.3. The Morgan fingerprint density at radius 2 is 1.18 bits per heavy atom. The summed E-state index contributed by atoms with van der Waals surface area (Å²) in [6.45, 7) is 0. The molecule has 8 rings (SSSR count). The third kappa shape index (κ3) is 2.38. The van der Waals surface area contributed by atoms with Gasteiger partial charge in [-0.25, -0.2) is 0 Å². The SMILES string of the molecule is c1ccc2c(c1)ccc1cc(-n3c4ccccc4c4c5c(ccc43)sc3ccccc35)ccc12. The second-order valence-corrected chi connectivity index (χ2v) is 10.1. The summed E-state index contributed by atoms with van der Waals surface area (Å²) in [6, 6.07) is 42.2. The molecule has 34 heavy (non-hydrogen) atoms. The molecule has 2 heterocycles. The summed E-state index contributed by atoms with van der Waals surface area (Å²) in [5, 5.41) is 10.5. The Morgan fingerprint density at radius 1 is 0.441 bits per heavy atom. The highest BCUT2D eigenvalue weighted by Gasteiger charge is 2.17. The lowest BCUT2D eigenvalue weighted by Crippen LogP contribution is -1.93. The number of fused-ring (bicyclic) bond motifs is 10. The van der Waals surface area contributed by atoms with Crippen molar-refractivity contribution in [3.63, 3.8) is 0 Å². The van der Waals surface area contributed by atoms with Gasteiger partial charge in [0.15, 0.2) is 0 Å². The van der Waals surface area contributed by atoms with Crippen molar-refractivity contribution in [1.29, 1.82) is 0 Å². The number of para-hydroxylation sites is 1. The van der Waals surface area contributed by atoms with Crippen LogP contribution in [0.2, 0.25) is 0 Å². The molecule has 2 heteroatoms. The molecule has 0 saturated heterocycles. The minimum Gasteiger partial charge on any atom is -0.309 e. The van der Waals surface area contributed by atoms with Crippen molar-refractivity contribution in [3.8, 4) is 5.69 Å². The molecule has 0 saturated carbocycles. The van der Waals surface area contributed by atoms with E-state index in [4.69, 9.17) is 0 Å². The Bertz CT molecular complexity index is 2070. The first-order chi connectivity index (χ1) is 16.9. The highest BCUT2D eigenvalue weighted by Crippen LogP contribution is 2.43. The summed E-state index contributed by atoms with van der Waals surface area (Å²) in [4.78, 5) is 0. The molecular weight excluding hydrogens is 430 g/mol. The predicted octanol–water partition coefficient (Wildman–Crippen LogP) is 9.46. The first-order valence-corrected chi connectivity index (χ1v) is 12.4. The smallest absolute Gasteiger partial charge is 0.0548 e. The van der Waals surface area contributed by atoms with Gasteiger partial charge in [-0.05, 0) is 57.9 Å². The molecule has 0 atom stereocenters. The molecule has 0 unspecified atom stereocenters. The number of hydrogen-bond donors (Lipinski definition) is 0. The maximum atomic E-state index is 2.44. The van der Waals surface area contributed by atoms with Crippen molar-refractivity contribution >= 4 is 74.9 Å². The number of aromatic nitrogens is 1. The second kappa shape index (κ2) is 6.69. The van der Waals surface area contributed by atoms with E-state index in [9.17, 15) is 0 Å². The fourth-order valence-electron chi connectivity index (χ4n) is 5.69. The molecule has 0 aliphatic carbocycles. The lowest BCUT2D eigenvalue weighted by Gasteiger charge is -2.11.